The lowest BCUT2D eigenvalue weighted by molar-refractivity contribution is -0.437. The van der Waals surface area contributed by atoms with Gasteiger partial charge in [-0.05, 0) is 62.3 Å². The van der Waals surface area contributed by atoms with Gasteiger partial charge < -0.3 is 14.2 Å². The second-order valence-electron chi connectivity index (χ2n) is 7.68. The van der Waals surface area contributed by atoms with Crippen molar-refractivity contribution in [2.45, 2.75) is 91.1 Å². The summed E-state index contributed by atoms with van der Waals surface area (Å²) in [6.45, 7) is 18.2. The molecular weight excluding hydrogens is 244 g/mol. The Bertz CT molecular complexity index is 215. The van der Waals surface area contributed by atoms with E-state index in [2.05, 4.69) is 0 Å². The fourth-order valence-electron chi connectivity index (χ4n) is 1.68. The monoisotopic (exact) mass is 276 g/mol. The molecule has 18 heavy (non-hydrogen) atoms. The third-order valence-corrected chi connectivity index (χ3v) is 2.68. The van der Waals surface area contributed by atoms with Crippen LogP contribution in [-0.2, 0) is 14.2 Å². The Labute approximate surface area is 116 Å². The predicted molar refractivity (Wildman–Crippen MR) is 80.0 cm³/mol. The number of rotatable bonds is 4. The molecule has 0 rings (SSSR count). The number of ether oxygens (including phenoxy) is 3. The van der Waals surface area contributed by atoms with Crippen molar-refractivity contribution in [3.8, 4) is 0 Å². The number of hydrogen-bond donors (Lipinski definition) is 0. The fourth-order valence-corrected chi connectivity index (χ4v) is 2.11. The van der Waals surface area contributed by atoms with Crippen molar-refractivity contribution in [3.05, 3.63) is 0 Å². The van der Waals surface area contributed by atoms with Crippen LogP contribution in [0.3, 0.4) is 0 Å². The molecule has 0 aliphatic rings. The Morgan fingerprint density at radius 3 is 0.944 bits per heavy atom. The van der Waals surface area contributed by atoms with Gasteiger partial charge >= 0.3 is 0 Å². The van der Waals surface area contributed by atoms with Crippen LogP contribution in [0, 0.1) is 0 Å². The second kappa shape index (κ2) is 5.61. The molecule has 0 spiro atoms. The van der Waals surface area contributed by atoms with Gasteiger partial charge in [0.25, 0.3) is 5.97 Å². The van der Waals surface area contributed by atoms with Crippen LogP contribution in [-0.4, -0.2) is 33.0 Å². The Hall–Kier alpha value is 0.0969. The van der Waals surface area contributed by atoms with E-state index < -0.39 is 5.97 Å². The molecule has 0 aliphatic heterocycles. The summed E-state index contributed by atoms with van der Waals surface area (Å²) in [7, 11) is 0.951. The van der Waals surface area contributed by atoms with Gasteiger partial charge in [0.15, 0.2) is 0 Å². The smallest absolute Gasteiger partial charge is 0.280 e. The molecule has 4 heteroatoms. The van der Waals surface area contributed by atoms with Gasteiger partial charge in [0.1, 0.15) is 0 Å². The summed E-state index contributed by atoms with van der Waals surface area (Å²) in [5.41, 5.74) is -0.914. The van der Waals surface area contributed by atoms with Crippen LogP contribution < -0.4 is 0 Å². The topological polar surface area (TPSA) is 27.7 Å². The van der Waals surface area contributed by atoms with E-state index >= 15 is 0 Å². The summed E-state index contributed by atoms with van der Waals surface area (Å²) in [6.07, 6.45) is 0. The lowest BCUT2D eigenvalue weighted by Crippen LogP contribution is -2.52. The molecule has 0 fully saturated rings. The molecule has 0 amide bonds. The molecule has 0 aromatic rings. The van der Waals surface area contributed by atoms with E-state index in [9.17, 15) is 0 Å². The molecule has 0 bridgehead atoms. The first-order valence-electron chi connectivity index (χ1n) is 6.79. The third-order valence-electron chi connectivity index (χ3n) is 1.82. The first-order valence-corrected chi connectivity index (χ1v) is 8.20. The van der Waals surface area contributed by atoms with Crippen LogP contribution in [0.5, 0.6) is 0 Å². The normalized spacial score (nSPS) is 15.2. The molecule has 0 heterocycles. The maximum absolute atomic E-state index is 6.12. The van der Waals surface area contributed by atoms with E-state index in [1.807, 2.05) is 62.3 Å². The van der Waals surface area contributed by atoms with E-state index in [1.54, 1.807) is 0 Å². The van der Waals surface area contributed by atoms with Crippen LogP contribution in [0.1, 0.15) is 62.3 Å². The third kappa shape index (κ3) is 8.24. The van der Waals surface area contributed by atoms with Crippen LogP contribution >= 0.6 is 0 Å². The molecular formula is C14H32O3Si. The molecule has 0 saturated heterocycles. The molecule has 0 aromatic heterocycles. The van der Waals surface area contributed by atoms with Gasteiger partial charge in [-0.3, -0.25) is 0 Å². The molecule has 0 radical (unpaired) electrons. The Morgan fingerprint density at radius 2 is 0.833 bits per heavy atom. The minimum Gasteiger partial charge on any atom is -0.322 e. The molecule has 0 atom stereocenters. The van der Waals surface area contributed by atoms with Crippen molar-refractivity contribution in [1.82, 2.24) is 0 Å². The highest BCUT2D eigenvalue weighted by Gasteiger charge is 2.42. The molecule has 0 aliphatic carbocycles. The SMILES string of the molecule is CC(C)(C)OC(C[SiH3])(OC(C)(C)C)OC(C)(C)C. The van der Waals surface area contributed by atoms with E-state index in [1.165, 1.54) is 0 Å². The van der Waals surface area contributed by atoms with Crippen molar-refractivity contribution in [2.75, 3.05) is 0 Å². The van der Waals surface area contributed by atoms with Gasteiger partial charge in [0.2, 0.25) is 0 Å². The van der Waals surface area contributed by atoms with Gasteiger partial charge in [-0.25, -0.2) is 0 Å². The first-order chi connectivity index (χ1) is 7.68. The quantitative estimate of drug-likeness (QED) is 0.584. The van der Waals surface area contributed by atoms with E-state index in [0.717, 1.165) is 16.3 Å². The zero-order valence-corrected chi connectivity index (χ0v) is 15.9. The highest BCUT2D eigenvalue weighted by molar-refractivity contribution is 6.09. The summed E-state index contributed by atoms with van der Waals surface area (Å²) < 4.78 is 18.4. The highest BCUT2D eigenvalue weighted by Crippen LogP contribution is 2.34. The minimum absolute atomic E-state index is 0.305. The van der Waals surface area contributed by atoms with Crippen LogP contribution in [0.25, 0.3) is 0 Å². The van der Waals surface area contributed by atoms with Crippen molar-refractivity contribution in [2.24, 2.45) is 0 Å². The average molecular weight is 276 g/mol. The van der Waals surface area contributed by atoms with Crippen LogP contribution in [0.4, 0.5) is 0 Å². The molecule has 0 N–H and O–H groups in total. The van der Waals surface area contributed by atoms with Gasteiger partial charge in [-0.2, -0.15) is 0 Å². The largest absolute Gasteiger partial charge is 0.322 e. The Balaban J connectivity index is 5.20. The lowest BCUT2D eigenvalue weighted by Gasteiger charge is -2.45. The summed E-state index contributed by atoms with van der Waals surface area (Å²) in [4.78, 5) is 0. The molecule has 0 aromatic carbocycles. The maximum atomic E-state index is 6.12. The van der Waals surface area contributed by atoms with Gasteiger partial charge in [-0.1, -0.05) is 0 Å². The maximum Gasteiger partial charge on any atom is 0.280 e. The van der Waals surface area contributed by atoms with E-state index in [4.69, 9.17) is 14.2 Å². The van der Waals surface area contributed by atoms with E-state index in [0.29, 0.717) is 0 Å². The predicted octanol–water partition coefficient (Wildman–Crippen LogP) is 2.87. The molecule has 0 unspecified atom stereocenters. The van der Waals surface area contributed by atoms with Crippen molar-refractivity contribution >= 4 is 10.2 Å². The van der Waals surface area contributed by atoms with Crippen LogP contribution in [0.2, 0.25) is 6.04 Å². The molecule has 3 nitrogen and oxygen atoms in total. The van der Waals surface area contributed by atoms with Gasteiger partial charge in [-0.15, -0.1) is 0 Å². The average Bonchev–Trinajstić information content (AvgIpc) is 1.93. The van der Waals surface area contributed by atoms with Crippen molar-refractivity contribution in [3.63, 3.8) is 0 Å². The highest BCUT2D eigenvalue weighted by atomic mass is 28.1. The Kier molecular flexibility index (Phi) is 5.64. The first kappa shape index (κ1) is 18.1. The lowest BCUT2D eigenvalue weighted by atomic mass is 10.1. The standard InChI is InChI=1S/C14H32O3Si/c1-11(2,3)15-14(10-18,16-12(4,5)6)17-13(7,8)9/h10H2,1-9,18H3. The molecule has 110 valence electrons. The van der Waals surface area contributed by atoms with Crippen LogP contribution in [0.15, 0.2) is 0 Å². The zero-order chi connectivity index (χ0) is 14.8. The van der Waals surface area contributed by atoms with Gasteiger partial charge in [0.05, 0.1) is 16.8 Å². The summed E-state index contributed by atoms with van der Waals surface area (Å²) in [5, 5.41) is 0. The van der Waals surface area contributed by atoms with Gasteiger partial charge in [0, 0.05) is 16.3 Å². The fraction of sp³-hybridized carbons (Fsp3) is 1.00. The Morgan fingerprint density at radius 1 is 0.611 bits per heavy atom. The van der Waals surface area contributed by atoms with Crippen molar-refractivity contribution in [1.29, 1.82) is 0 Å². The zero-order valence-electron chi connectivity index (χ0n) is 13.9. The molecule has 0 saturated carbocycles. The number of hydrogen-bond acceptors (Lipinski definition) is 3. The summed E-state index contributed by atoms with van der Waals surface area (Å²) in [6, 6.07) is 0.777. The summed E-state index contributed by atoms with van der Waals surface area (Å²) >= 11 is 0. The van der Waals surface area contributed by atoms with Crippen molar-refractivity contribution < 1.29 is 14.2 Å². The van der Waals surface area contributed by atoms with E-state index in [-0.39, 0.29) is 16.8 Å². The minimum atomic E-state index is -0.943. The second-order valence-corrected chi connectivity index (χ2v) is 8.39. The summed E-state index contributed by atoms with van der Waals surface area (Å²) in [5.74, 6) is -0.943.